The number of carbonyl (C=O) groups is 1. The summed E-state index contributed by atoms with van der Waals surface area (Å²) < 4.78 is 0. The van der Waals surface area contributed by atoms with Gasteiger partial charge in [-0.1, -0.05) is 51.5 Å². The van der Waals surface area contributed by atoms with Crippen molar-refractivity contribution in [3.8, 4) is 0 Å². The number of alkyl halides is 1. The Kier molecular flexibility index (Phi) is 7.60. The Bertz CT molecular complexity index is 530. The first-order valence-electron chi connectivity index (χ1n) is 10.9. The molecule has 1 atom stereocenters. The van der Waals surface area contributed by atoms with Crippen molar-refractivity contribution in [2.45, 2.75) is 102 Å². The summed E-state index contributed by atoms with van der Waals surface area (Å²) in [5, 5.41) is 0. The lowest BCUT2D eigenvalue weighted by atomic mass is 9.86. The van der Waals surface area contributed by atoms with E-state index in [9.17, 15) is 4.79 Å². The lowest BCUT2D eigenvalue weighted by Crippen LogP contribution is -2.51. The normalized spacial score (nSPS) is 29.7. The van der Waals surface area contributed by atoms with Crippen LogP contribution in [0.15, 0.2) is 16.6 Å². The number of likely N-dealkylation sites (tertiary alicyclic amines) is 1. The number of aliphatic imine (C=N–C) groups is 1. The van der Waals surface area contributed by atoms with Gasteiger partial charge in [-0.05, 0) is 50.0 Å². The third-order valence-electron chi connectivity index (χ3n) is 6.29. The van der Waals surface area contributed by atoms with Gasteiger partial charge in [0.2, 0.25) is 5.91 Å². The van der Waals surface area contributed by atoms with Crippen LogP contribution in [0.3, 0.4) is 0 Å². The van der Waals surface area contributed by atoms with Gasteiger partial charge in [0.1, 0.15) is 5.84 Å². The average Bonchev–Trinajstić information content (AvgIpc) is 2.66. The van der Waals surface area contributed by atoms with E-state index in [0.717, 1.165) is 31.5 Å². The first-order chi connectivity index (χ1) is 12.7. The van der Waals surface area contributed by atoms with E-state index in [1.54, 1.807) is 0 Å². The fourth-order valence-corrected chi connectivity index (χ4v) is 4.96. The maximum absolute atomic E-state index is 13.0. The van der Waals surface area contributed by atoms with Gasteiger partial charge in [-0.15, -0.1) is 11.6 Å². The van der Waals surface area contributed by atoms with Gasteiger partial charge >= 0.3 is 0 Å². The molecule has 146 valence electrons. The van der Waals surface area contributed by atoms with Gasteiger partial charge in [0.05, 0.1) is 6.04 Å². The molecule has 3 fully saturated rings. The van der Waals surface area contributed by atoms with Crippen LogP contribution in [0.2, 0.25) is 0 Å². The van der Waals surface area contributed by atoms with Crippen molar-refractivity contribution in [2.75, 3.05) is 5.88 Å². The van der Waals surface area contributed by atoms with E-state index in [0.29, 0.717) is 30.3 Å². The zero-order chi connectivity index (χ0) is 18.4. The number of amidine groups is 1. The number of piperidine rings is 1. The Morgan fingerprint density at radius 3 is 2.38 bits per heavy atom. The van der Waals surface area contributed by atoms with Crippen molar-refractivity contribution in [3.63, 3.8) is 0 Å². The second-order valence-corrected chi connectivity index (χ2v) is 8.77. The molecule has 0 bridgehead atoms. The van der Waals surface area contributed by atoms with Crippen molar-refractivity contribution < 1.29 is 4.79 Å². The van der Waals surface area contributed by atoms with Crippen LogP contribution in [0.4, 0.5) is 0 Å². The van der Waals surface area contributed by atoms with Gasteiger partial charge in [0.25, 0.3) is 0 Å². The number of hydrogen-bond donors (Lipinski definition) is 0. The Labute approximate surface area is 164 Å². The molecule has 0 aromatic heterocycles. The largest absolute Gasteiger partial charge is 0.294 e. The van der Waals surface area contributed by atoms with Crippen LogP contribution in [0, 0.1) is 5.92 Å². The highest BCUT2D eigenvalue weighted by Crippen LogP contribution is 2.34. The predicted molar refractivity (Wildman–Crippen MR) is 110 cm³/mol. The van der Waals surface area contributed by atoms with Gasteiger partial charge in [-0.3, -0.25) is 14.7 Å². The third kappa shape index (κ3) is 4.91. The second-order valence-electron chi connectivity index (χ2n) is 8.40. The summed E-state index contributed by atoms with van der Waals surface area (Å²) in [7, 11) is 0. The van der Waals surface area contributed by atoms with Crippen molar-refractivity contribution in [1.82, 2.24) is 4.90 Å². The highest BCUT2D eigenvalue weighted by molar-refractivity contribution is 6.17. The van der Waals surface area contributed by atoms with Gasteiger partial charge in [-0.25, -0.2) is 0 Å². The first-order valence-corrected chi connectivity index (χ1v) is 11.4. The van der Waals surface area contributed by atoms with Gasteiger partial charge in [0, 0.05) is 18.3 Å². The van der Waals surface area contributed by atoms with Crippen molar-refractivity contribution >= 4 is 23.3 Å². The molecule has 1 heterocycles. The summed E-state index contributed by atoms with van der Waals surface area (Å²) in [6, 6.07) is 0.766. The molecule has 0 aromatic rings. The number of amides is 1. The van der Waals surface area contributed by atoms with E-state index in [-0.39, 0.29) is 5.92 Å². The molecule has 0 spiro atoms. The zero-order valence-electron chi connectivity index (χ0n) is 16.4. The maximum atomic E-state index is 13.0. The number of unbranched alkanes of at least 4 members (excludes halogenated alkanes) is 1. The molecule has 1 amide bonds. The fourth-order valence-electron chi connectivity index (χ4n) is 4.81. The van der Waals surface area contributed by atoms with Gasteiger partial charge in [0.15, 0.2) is 0 Å². The Morgan fingerprint density at radius 2 is 1.73 bits per heavy atom. The van der Waals surface area contributed by atoms with Crippen LogP contribution >= 0.6 is 11.6 Å². The summed E-state index contributed by atoms with van der Waals surface area (Å²) in [6.45, 7) is 2.19. The highest BCUT2D eigenvalue weighted by atomic mass is 35.5. The molecule has 2 aliphatic carbocycles. The quantitative estimate of drug-likeness (QED) is 0.435. The molecule has 4 heteroatoms. The van der Waals surface area contributed by atoms with E-state index >= 15 is 0 Å². The van der Waals surface area contributed by atoms with Gasteiger partial charge < -0.3 is 0 Å². The molecule has 1 unspecified atom stereocenters. The molecule has 0 radical (unpaired) electrons. The molecule has 26 heavy (non-hydrogen) atoms. The molecule has 1 saturated heterocycles. The standard InChI is InChI=1S/C22H35ClN2O/c1-17-16-21(26)25(19-12-6-3-7-13-19)22(20(17)14-8-9-15-23)24-18-10-4-2-5-11-18/h14,17-19H,2-13,15-16H2,1H3/b20-14+,24-22?. The Hall–Kier alpha value is -0.830. The molecule has 0 aromatic carbocycles. The van der Waals surface area contributed by atoms with E-state index in [2.05, 4.69) is 17.9 Å². The van der Waals surface area contributed by atoms with Crippen LogP contribution in [0.1, 0.15) is 90.4 Å². The van der Waals surface area contributed by atoms with E-state index in [4.69, 9.17) is 16.6 Å². The number of allylic oxidation sites excluding steroid dienone is 1. The minimum Gasteiger partial charge on any atom is -0.294 e. The monoisotopic (exact) mass is 378 g/mol. The van der Waals surface area contributed by atoms with Crippen LogP contribution in [0.25, 0.3) is 0 Å². The first kappa shape index (κ1) is 19.9. The molecule has 3 nitrogen and oxygen atoms in total. The number of hydrogen-bond acceptors (Lipinski definition) is 2. The lowest BCUT2D eigenvalue weighted by molar-refractivity contribution is -0.130. The number of nitrogens with zero attached hydrogens (tertiary/aromatic N) is 2. The summed E-state index contributed by atoms with van der Waals surface area (Å²) in [4.78, 5) is 20.4. The topological polar surface area (TPSA) is 32.7 Å². The summed E-state index contributed by atoms with van der Waals surface area (Å²) >= 11 is 5.90. The minimum atomic E-state index is 0.278. The smallest absolute Gasteiger partial charge is 0.229 e. The predicted octanol–water partition coefficient (Wildman–Crippen LogP) is 5.86. The molecule has 3 aliphatic rings. The Morgan fingerprint density at radius 1 is 1.08 bits per heavy atom. The third-order valence-corrected chi connectivity index (χ3v) is 6.56. The number of carbonyl (C=O) groups excluding carboxylic acids is 1. The van der Waals surface area contributed by atoms with Crippen molar-refractivity contribution in [2.24, 2.45) is 10.9 Å². The molecule has 2 saturated carbocycles. The second kappa shape index (κ2) is 9.92. The molecular formula is C22H35ClN2O. The molecule has 1 aliphatic heterocycles. The summed E-state index contributed by atoms with van der Waals surface area (Å²) in [6.07, 6.45) is 17.3. The van der Waals surface area contributed by atoms with Crippen molar-refractivity contribution in [3.05, 3.63) is 11.6 Å². The minimum absolute atomic E-state index is 0.278. The van der Waals surface area contributed by atoms with Crippen molar-refractivity contribution in [1.29, 1.82) is 0 Å². The molecule has 0 N–H and O–H groups in total. The zero-order valence-corrected chi connectivity index (χ0v) is 17.1. The summed E-state index contributed by atoms with van der Waals surface area (Å²) in [5.41, 5.74) is 1.31. The molecular weight excluding hydrogens is 344 g/mol. The van der Waals surface area contributed by atoms with E-state index in [1.807, 2.05) is 0 Å². The highest BCUT2D eigenvalue weighted by Gasteiger charge is 2.38. The average molecular weight is 379 g/mol. The molecule has 3 rings (SSSR count). The SMILES string of the molecule is CC1CC(=O)N(C2CCCCC2)C(=NC2CCCCC2)/C1=C/CCCCl. The van der Waals surface area contributed by atoms with Crippen LogP contribution in [-0.4, -0.2) is 34.6 Å². The van der Waals surface area contributed by atoms with Gasteiger partial charge in [-0.2, -0.15) is 0 Å². The van der Waals surface area contributed by atoms with E-state index < -0.39 is 0 Å². The number of rotatable bonds is 5. The van der Waals surface area contributed by atoms with Crippen LogP contribution in [0.5, 0.6) is 0 Å². The lowest BCUT2D eigenvalue weighted by Gasteiger charge is -2.41. The fraction of sp³-hybridized carbons (Fsp3) is 0.818. The van der Waals surface area contributed by atoms with E-state index in [1.165, 1.54) is 56.9 Å². The Balaban J connectivity index is 1.91. The summed E-state index contributed by atoms with van der Waals surface area (Å²) in [5.74, 6) is 2.30. The number of halogens is 1. The van der Waals surface area contributed by atoms with Crippen LogP contribution in [-0.2, 0) is 4.79 Å². The van der Waals surface area contributed by atoms with Crippen LogP contribution < -0.4 is 0 Å². The maximum Gasteiger partial charge on any atom is 0.229 e.